The number of piperidine rings is 1. The van der Waals surface area contributed by atoms with E-state index in [0.29, 0.717) is 24.2 Å². The fourth-order valence-corrected chi connectivity index (χ4v) is 3.46. The van der Waals surface area contributed by atoms with Crippen LogP contribution in [0.5, 0.6) is 0 Å². The summed E-state index contributed by atoms with van der Waals surface area (Å²) in [5.74, 6) is 0.123. The van der Waals surface area contributed by atoms with Gasteiger partial charge in [0, 0.05) is 31.1 Å². The molecule has 2 heterocycles. The lowest BCUT2D eigenvalue weighted by atomic mass is 9.96. The predicted octanol–water partition coefficient (Wildman–Crippen LogP) is 1.53. The van der Waals surface area contributed by atoms with Crippen molar-refractivity contribution in [2.75, 3.05) is 0 Å². The second-order valence-corrected chi connectivity index (χ2v) is 5.29. The van der Waals surface area contributed by atoms with Crippen LogP contribution in [0.4, 0.5) is 0 Å². The Hall–Kier alpha value is -0.570. The lowest BCUT2D eigenvalue weighted by molar-refractivity contribution is -0.120. The highest BCUT2D eigenvalue weighted by atomic mass is 16.1. The summed E-state index contributed by atoms with van der Waals surface area (Å²) in [7, 11) is 0. The summed E-state index contributed by atoms with van der Waals surface area (Å²) < 4.78 is 0. The third-order valence-corrected chi connectivity index (χ3v) is 3.79. The summed E-state index contributed by atoms with van der Waals surface area (Å²) in [4.78, 5) is 13.7. The van der Waals surface area contributed by atoms with E-state index >= 15 is 0 Å². The Morgan fingerprint density at radius 2 is 1.80 bits per heavy atom. The predicted molar refractivity (Wildman–Crippen MR) is 60.6 cm³/mol. The van der Waals surface area contributed by atoms with E-state index in [-0.39, 0.29) is 5.91 Å². The molecular weight excluding hydrogens is 188 g/mol. The van der Waals surface area contributed by atoms with Crippen molar-refractivity contribution in [3.05, 3.63) is 0 Å². The third-order valence-electron chi connectivity index (χ3n) is 3.79. The molecule has 0 aromatic rings. The van der Waals surface area contributed by atoms with Gasteiger partial charge in [-0.1, -0.05) is 0 Å². The van der Waals surface area contributed by atoms with Crippen molar-refractivity contribution in [2.24, 2.45) is 0 Å². The van der Waals surface area contributed by atoms with Crippen LogP contribution in [0.3, 0.4) is 0 Å². The molecule has 0 radical (unpaired) electrons. The van der Waals surface area contributed by atoms with Crippen molar-refractivity contribution in [2.45, 2.75) is 70.6 Å². The van der Waals surface area contributed by atoms with Crippen LogP contribution in [0.1, 0.15) is 46.5 Å². The van der Waals surface area contributed by atoms with Gasteiger partial charge in [-0.3, -0.25) is 9.69 Å². The van der Waals surface area contributed by atoms with Crippen LogP contribution in [-0.4, -0.2) is 35.0 Å². The number of amides is 1. The van der Waals surface area contributed by atoms with Gasteiger partial charge < -0.3 is 5.32 Å². The van der Waals surface area contributed by atoms with Crippen molar-refractivity contribution in [3.63, 3.8) is 0 Å². The van der Waals surface area contributed by atoms with Crippen molar-refractivity contribution < 1.29 is 4.79 Å². The molecule has 0 aromatic carbocycles. The van der Waals surface area contributed by atoms with Crippen LogP contribution in [0.25, 0.3) is 0 Å². The normalized spacial score (nSPS) is 35.9. The van der Waals surface area contributed by atoms with E-state index in [4.69, 9.17) is 0 Å². The average molecular weight is 210 g/mol. The molecule has 1 amide bonds. The molecule has 0 aromatic heterocycles. The number of nitrogens with one attached hydrogen (secondary N) is 1. The van der Waals surface area contributed by atoms with E-state index in [1.54, 1.807) is 6.92 Å². The van der Waals surface area contributed by atoms with Gasteiger partial charge in [-0.15, -0.1) is 0 Å². The average Bonchev–Trinajstić information content (AvgIpc) is 2.38. The Balaban J connectivity index is 1.98. The third kappa shape index (κ3) is 2.17. The lowest BCUT2D eigenvalue weighted by Crippen LogP contribution is -2.52. The Kier molecular flexibility index (Phi) is 3.01. The minimum absolute atomic E-state index is 0.123. The monoisotopic (exact) mass is 210 g/mol. The minimum atomic E-state index is 0.123. The summed E-state index contributed by atoms with van der Waals surface area (Å²) in [5, 5.41) is 3.08. The molecule has 1 N–H and O–H groups in total. The first-order valence-corrected chi connectivity index (χ1v) is 6.12. The number of carbonyl (C=O) groups is 1. The fourth-order valence-electron chi connectivity index (χ4n) is 3.46. The number of rotatable bonds is 2. The maximum atomic E-state index is 11.0. The van der Waals surface area contributed by atoms with Gasteiger partial charge in [0.05, 0.1) is 0 Å². The molecule has 0 saturated carbocycles. The van der Waals surface area contributed by atoms with Gasteiger partial charge in [0.1, 0.15) is 0 Å². The Bertz CT molecular complexity index is 238. The number of carbonyl (C=O) groups excluding carboxylic acids is 1. The number of hydrogen-bond acceptors (Lipinski definition) is 2. The van der Waals surface area contributed by atoms with Crippen molar-refractivity contribution in [1.29, 1.82) is 0 Å². The van der Waals surface area contributed by atoms with Gasteiger partial charge in [-0.2, -0.15) is 0 Å². The summed E-state index contributed by atoms with van der Waals surface area (Å²) in [6.07, 6.45) is 4.93. The Labute approximate surface area is 92.2 Å². The molecule has 2 aliphatic heterocycles. The molecule has 2 aliphatic rings. The fraction of sp³-hybridized carbons (Fsp3) is 0.917. The van der Waals surface area contributed by atoms with E-state index < -0.39 is 0 Å². The smallest absolute Gasteiger partial charge is 0.217 e. The molecular formula is C12H22N2O. The second kappa shape index (κ2) is 4.12. The zero-order chi connectivity index (χ0) is 11.0. The first kappa shape index (κ1) is 10.9. The van der Waals surface area contributed by atoms with Gasteiger partial charge in [0.2, 0.25) is 5.91 Å². The maximum Gasteiger partial charge on any atom is 0.217 e. The lowest BCUT2D eigenvalue weighted by Gasteiger charge is -2.41. The van der Waals surface area contributed by atoms with Gasteiger partial charge in [-0.05, 0) is 39.5 Å². The SMILES string of the molecule is CC(=O)N[C@H]1C[C@H]2CC[C@@H](C1)N2C(C)C. The molecule has 3 heteroatoms. The molecule has 15 heavy (non-hydrogen) atoms. The van der Waals surface area contributed by atoms with Crippen molar-refractivity contribution in [1.82, 2.24) is 10.2 Å². The van der Waals surface area contributed by atoms with E-state index in [1.807, 2.05) is 0 Å². The van der Waals surface area contributed by atoms with Crippen LogP contribution in [0.2, 0.25) is 0 Å². The first-order valence-electron chi connectivity index (χ1n) is 6.12. The maximum absolute atomic E-state index is 11.0. The van der Waals surface area contributed by atoms with Crippen LogP contribution in [0, 0.1) is 0 Å². The van der Waals surface area contributed by atoms with Crippen LogP contribution in [0.15, 0.2) is 0 Å². The first-order chi connectivity index (χ1) is 7.08. The molecule has 2 saturated heterocycles. The zero-order valence-corrected chi connectivity index (χ0v) is 9.99. The molecule has 2 bridgehead atoms. The molecule has 3 atom stereocenters. The van der Waals surface area contributed by atoms with Crippen LogP contribution >= 0.6 is 0 Å². The van der Waals surface area contributed by atoms with Crippen LogP contribution in [-0.2, 0) is 4.79 Å². The largest absolute Gasteiger partial charge is 0.353 e. The van der Waals surface area contributed by atoms with Crippen molar-refractivity contribution >= 4 is 5.91 Å². The van der Waals surface area contributed by atoms with E-state index in [0.717, 1.165) is 12.8 Å². The van der Waals surface area contributed by atoms with Gasteiger partial charge >= 0.3 is 0 Å². The standard InChI is InChI=1S/C12H22N2O/c1-8(2)14-11-4-5-12(14)7-10(6-11)13-9(3)15/h8,10-12H,4-7H2,1-3H3,(H,13,15)/t10-,11+,12-. The quantitative estimate of drug-likeness (QED) is 0.749. The van der Waals surface area contributed by atoms with E-state index in [1.165, 1.54) is 12.8 Å². The molecule has 0 spiro atoms. The van der Waals surface area contributed by atoms with E-state index in [2.05, 4.69) is 24.1 Å². The number of fused-ring (bicyclic) bond motifs is 2. The van der Waals surface area contributed by atoms with E-state index in [9.17, 15) is 4.79 Å². The molecule has 2 rings (SSSR count). The summed E-state index contributed by atoms with van der Waals surface area (Å²) in [6, 6.07) is 2.50. The highest BCUT2D eigenvalue weighted by Crippen LogP contribution is 2.36. The number of nitrogens with zero attached hydrogens (tertiary/aromatic N) is 1. The highest BCUT2D eigenvalue weighted by Gasteiger charge is 2.41. The summed E-state index contributed by atoms with van der Waals surface area (Å²) >= 11 is 0. The molecule has 0 aliphatic carbocycles. The molecule has 2 fully saturated rings. The van der Waals surface area contributed by atoms with Gasteiger partial charge in [-0.25, -0.2) is 0 Å². The summed E-state index contributed by atoms with van der Waals surface area (Å²) in [6.45, 7) is 6.19. The van der Waals surface area contributed by atoms with Gasteiger partial charge in [0.15, 0.2) is 0 Å². The Morgan fingerprint density at radius 1 is 1.27 bits per heavy atom. The minimum Gasteiger partial charge on any atom is -0.353 e. The van der Waals surface area contributed by atoms with Crippen molar-refractivity contribution in [3.8, 4) is 0 Å². The van der Waals surface area contributed by atoms with Gasteiger partial charge in [0.25, 0.3) is 0 Å². The summed E-state index contributed by atoms with van der Waals surface area (Å²) in [5.41, 5.74) is 0. The zero-order valence-electron chi connectivity index (χ0n) is 9.99. The molecule has 0 unspecified atom stereocenters. The highest BCUT2D eigenvalue weighted by molar-refractivity contribution is 5.73. The number of hydrogen-bond donors (Lipinski definition) is 1. The topological polar surface area (TPSA) is 32.3 Å². The van der Waals surface area contributed by atoms with Crippen LogP contribution < -0.4 is 5.32 Å². The molecule has 86 valence electrons. The molecule has 3 nitrogen and oxygen atoms in total. The second-order valence-electron chi connectivity index (χ2n) is 5.29. The Morgan fingerprint density at radius 3 is 2.20 bits per heavy atom.